The van der Waals surface area contributed by atoms with Gasteiger partial charge in [0.15, 0.2) is 5.82 Å². The molecule has 4 fully saturated rings. The van der Waals surface area contributed by atoms with Crippen molar-refractivity contribution >= 4 is 6.01 Å². The minimum atomic E-state index is 0.201. The van der Waals surface area contributed by atoms with E-state index in [0.29, 0.717) is 6.01 Å². The summed E-state index contributed by atoms with van der Waals surface area (Å²) in [6.07, 6.45) is 8.06. The van der Waals surface area contributed by atoms with Gasteiger partial charge in [-0.2, -0.15) is 4.98 Å². The van der Waals surface area contributed by atoms with E-state index >= 15 is 0 Å². The lowest BCUT2D eigenvalue weighted by Gasteiger charge is -2.55. The Kier molecular flexibility index (Phi) is 2.08. The summed E-state index contributed by atoms with van der Waals surface area (Å²) in [7, 11) is 1.73. The van der Waals surface area contributed by atoms with Crippen molar-refractivity contribution in [2.24, 2.45) is 23.6 Å². The van der Waals surface area contributed by atoms with Crippen molar-refractivity contribution in [1.29, 1.82) is 0 Å². The minimum absolute atomic E-state index is 0.201. The zero-order chi connectivity index (χ0) is 12.3. The van der Waals surface area contributed by atoms with Crippen LogP contribution in [0.25, 0.3) is 0 Å². The molecule has 0 aromatic carbocycles. The van der Waals surface area contributed by atoms with Gasteiger partial charge < -0.3 is 4.52 Å². The Hall–Kier alpha value is -1.10. The van der Waals surface area contributed by atoms with Crippen molar-refractivity contribution in [2.45, 2.75) is 43.9 Å². The van der Waals surface area contributed by atoms with Gasteiger partial charge in [0.1, 0.15) is 0 Å². The fourth-order valence-electron chi connectivity index (χ4n) is 4.96. The van der Waals surface area contributed by atoms with Crippen molar-refractivity contribution < 1.29 is 4.52 Å². The molecule has 1 heterocycles. The topological polar surface area (TPSA) is 68.2 Å². The lowest BCUT2D eigenvalue weighted by molar-refractivity contribution is -0.0103. The summed E-state index contributed by atoms with van der Waals surface area (Å²) in [5.41, 5.74) is 0.201. The van der Waals surface area contributed by atoms with Crippen molar-refractivity contribution in [3.05, 3.63) is 5.82 Å². The van der Waals surface area contributed by atoms with Crippen molar-refractivity contribution in [3.63, 3.8) is 0 Å². The van der Waals surface area contributed by atoms with Gasteiger partial charge >= 0.3 is 6.01 Å². The molecule has 0 saturated heterocycles. The molecule has 0 unspecified atom stereocenters. The molecule has 4 bridgehead atoms. The third-order valence-electron chi connectivity index (χ3n) is 5.23. The fraction of sp³-hybridized carbons (Fsp3) is 0.846. The molecule has 4 aliphatic carbocycles. The highest BCUT2D eigenvalue weighted by molar-refractivity contribution is 5.24. The van der Waals surface area contributed by atoms with E-state index < -0.39 is 0 Å². The first-order chi connectivity index (χ1) is 8.64. The molecular weight excluding hydrogens is 228 g/mol. The molecule has 0 radical (unpaired) electrons. The number of hydrogen-bond donors (Lipinski definition) is 1. The maximum atomic E-state index is 5.66. The lowest BCUT2D eigenvalue weighted by Crippen LogP contribution is -2.49. The molecule has 5 heteroatoms. The zero-order valence-corrected chi connectivity index (χ0v) is 10.8. The number of hydrogen-bond acceptors (Lipinski definition) is 5. The van der Waals surface area contributed by atoms with Crippen LogP contribution in [0.3, 0.4) is 0 Å². The minimum Gasteiger partial charge on any atom is -0.314 e. The Morgan fingerprint density at radius 1 is 1.17 bits per heavy atom. The maximum Gasteiger partial charge on any atom is 0.337 e. The number of nitrogens with two attached hydrogens (primary N) is 1. The van der Waals surface area contributed by atoms with E-state index in [-0.39, 0.29) is 5.41 Å². The summed E-state index contributed by atoms with van der Waals surface area (Å²) >= 11 is 0. The van der Waals surface area contributed by atoms with Gasteiger partial charge in [0.05, 0.1) is 0 Å². The van der Waals surface area contributed by atoms with E-state index in [2.05, 4.69) is 10.1 Å². The molecule has 4 saturated carbocycles. The number of hydrazine groups is 1. The molecule has 0 atom stereocenters. The summed E-state index contributed by atoms with van der Waals surface area (Å²) in [4.78, 5) is 4.52. The van der Waals surface area contributed by atoms with Crippen LogP contribution in [0.5, 0.6) is 0 Å². The monoisotopic (exact) mass is 248 g/mol. The smallest absolute Gasteiger partial charge is 0.314 e. The Balaban J connectivity index is 1.70. The third kappa shape index (κ3) is 1.43. The van der Waals surface area contributed by atoms with Crippen LogP contribution >= 0.6 is 0 Å². The Morgan fingerprint density at radius 2 is 1.72 bits per heavy atom. The number of nitrogens with zero attached hydrogens (tertiary/aromatic N) is 3. The third-order valence-corrected chi connectivity index (χ3v) is 5.23. The van der Waals surface area contributed by atoms with E-state index in [1.807, 2.05) is 0 Å². The van der Waals surface area contributed by atoms with Crippen molar-refractivity contribution in [3.8, 4) is 0 Å². The van der Waals surface area contributed by atoms with Crippen LogP contribution in [-0.2, 0) is 5.41 Å². The average molecular weight is 248 g/mol. The predicted octanol–water partition coefficient (Wildman–Crippen LogP) is 1.85. The molecular formula is C13H20N4O. The van der Waals surface area contributed by atoms with Gasteiger partial charge in [-0.25, -0.2) is 5.84 Å². The van der Waals surface area contributed by atoms with Crippen LogP contribution in [0.15, 0.2) is 4.52 Å². The number of anilines is 1. The van der Waals surface area contributed by atoms with E-state index in [0.717, 1.165) is 23.6 Å². The lowest BCUT2D eigenvalue weighted by atomic mass is 9.49. The molecule has 0 amide bonds. The van der Waals surface area contributed by atoms with Crippen molar-refractivity contribution in [2.75, 3.05) is 12.1 Å². The maximum absolute atomic E-state index is 5.66. The Labute approximate surface area is 107 Å². The summed E-state index contributed by atoms with van der Waals surface area (Å²) in [5.74, 6) is 9.26. The summed E-state index contributed by atoms with van der Waals surface area (Å²) in [6.45, 7) is 0. The van der Waals surface area contributed by atoms with Gasteiger partial charge in [0.25, 0.3) is 0 Å². The normalized spacial score (nSPS) is 41.3. The van der Waals surface area contributed by atoms with Crippen molar-refractivity contribution in [1.82, 2.24) is 10.1 Å². The second-order valence-corrected chi connectivity index (χ2v) is 6.71. The van der Waals surface area contributed by atoms with Crippen LogP contribution in [0.4, 0.5) is 6.01 Å². The van der Waals surface area contributed by atoms with Crippen LogP contribution < -0.4 is 10.9 Å². The zero-order valence-electron chi connectivity index (χ0n) is 10.8. The summed E-state index contributed by atoms with van der Waals surface area (Å²) in [5, 5.41) is 5.62. The molecule has 1 aromatic rings. The van der Waals surface area contributed by atoms with Gasteiger partial charge in [0.2, 0.25) is 0 Å². The molecule has 1 aromatic heterocycles. The van der Waals surface area contributed by atoms with Gasteiger partial charge in [0, 0.05) is 12.5 Å². The molecule has 2 N–H and O–H groups in total. The van der Waals surface area contributed by atoms with Crippen LogP contribution in [0, 0.1) is 17.8 Å². The van der Waals surface area contributed by atoms with Crippen LogP contribution in [0.1, 0.15) is 44.3 Å². The largest absolute Gasteiger partial charge is 0.337 e. The molecule has 5 rings (SSSR count). The highest BCUT2D eigenvalue weighted by Crippen LogP contribution is 2.60. The van der Waals surface area contributed by atoms with E-state index in [1.54, 1.807) is 7.05 Å². The fourth-order valence-corrected chi connectivity index (χ4v) is 4.96. The highest BCUT2D eigenvalue weighted by atomic mass is 16.5. The van der Waals surface area contributed by atoms with Gasteiger partial charge in [-0.05, 0) is 56.3 Å². The van der Waals surface area contributed by atoms with Gasteiger partial charge in [-0.1, -0.05) is 5.16 Å². The van der Waals surface area contributed by atoms with E-state index in [4.69, 9.17) is 10.4 Å². The first kappa shape index (κ1) is 10.8. The van der Waals surface area contributed by atoms with Crippen LogP contribution in [-0.4, -0.2) is 17.2 Å². The Bertz CT molecular complexity index is 432. The summed E-state index contributed by atoms with van der Waals surface area (Å²) < 4.78 is 5.26. The van der Waals surface area contributed by atoms with Crippen LogP contribution in [0.2, 0.25) is 0 Å². The molecule has 98 valence electrons. The number of rotatable bonds is 2. The van der Waals surface area contributed by atoms with E-state index in [1.165, 1.54) is 43.5 Å². The molecule has 5 nitrogen and oxygen atoms in total. The highest BCUT2D eigenvalue weighted by Gasteiger charge is 2.53. The van der Waals surface area contributed by atoms with E-state index in [9.17, 15) is 0 Å². The molecule has 0 aliphatic heterocycles. The van der Waals surface area contributed by atoms with Gasteiger partial charge in [-0.15, -0.1) is 0 Å². The number of aromatic nitrogens is 2. The Morgan fingerprint density at radius 3 is 2.17 bits per heavy atom. The predicted molar refractivity (Wildman–Crippen MR) is 66.7 cm³/mol. The molecule has 18 heavy (non-hydrogen) atoms. The average Bonchev–Trinajstić information content (AvgIpc) is 2.76. The molecule has 4 aliphatic rings. The first-order valence-corrected chi connectivity index (χ1v) is 6.97. The van der Waals surface area contributed by atoms with Gasteiger partial charge in [-0.3, -0.25) is 5.01 Å². The second kappa shape index (κ2) is 3.47. The molecule has 0 spiro atoms. The quantitative estimate of drug-likeness (QED) is 0.639. The SMILES string of the molecule is CN(N)c1nc(C23CC4CC(CC(C4)C2)C3)no1. The summed E-state index contributed by atoms with van der Waals surface area (Å²) in [6, 6.07) is 0.431. The first-order valence-electron chi connectivity index (χ1n) is 6.97. The standard InChI is InChI=1S/C13H20N4O/c1-17(14)12-15-11(16-18-12)13-5-8-2-9(6-13)4-10(3-8)7-13/h8-10H,2-7,14H2,1H3. The second-order valence-electron chi connectivity index (χ2n) is 6.71.